The van der Waals surface area contributed by atoms with E-state index < -0.39 is 0 Å². The number of carbonyl (C=O) groups excluding carboxylic acids is 1. The summed E-state index contributed by atoms with van der Waals surface area (Å²) in [7, 11) is 0. The van der Waals surface area contributed by atoms with Gasteiger partial charge in [-0.05, 0) is 49.8 Å². The summed E-state index contributed by atoms with van der Waals surface area (Å²) in [4.78, 5) is 11.8. The molecule has 0 saturated heterocycles. The van der Waals surface area contributed by atoms with Gasteiger partial charge in [0, 0.05) is 17.4 Å². The van der Waals surface area contributed by atoms with Gasteiger partial charge >= 0.3 is 0 Å². The van der Waals surface area contributed by atoms with Gasteiger partial charge in [0.05, 0.1) is 0 Å². The van der Waals surface area contributed by atoms with Crippen LogP contribution in [0.25, 0.3) is 0 Å². The van der Waals surface area contributed by atoms with E-state index in [9.17, 15) is 4.79 Å². The Labute approximate surface area is 120 Å². The number of hydrogen-bond acceptors (Lipinski definition) is 3. The van der Waals surface area contributed by atoms with E-state index in [0.717, 1.165) is 36.4 Å². The molecule has 0 aliphatic carbocycles. The molecule has 0 aromatic heterocycles. The lowest BCUT2D eigenvalue weighted by atomic mass is 10.2. The van der Waals surface area contributed by atoms with Crippen LogP contribution in [-0.4, -0.2) is 23.5 Å². The molecule has 0 aliphatic rings. The van der Waals surface area contributed by atoms with Crippen LogP contribution >= 0.6 is 11.8 Å². The number of aryl methyl sites for hydroxylation is 1. The van der Waals surface area contributed by atoms with Crippen LogP contribution in [0.5, 0.6) is 0 Å². The second-order valence-electron chi connectivity index (χ2n) is 4.78. The number of anilines is 1. The van der Waals surface area contributed by atoms with Gasteiger partial charge in [0.25, 0.3) is 0 Å². The van der Waals surface area contributed by atoms with E-state index in [1.165, 1.54) is 0 Å². The quantitative estimate of drug-likeness (QED) is 0.719. The molecule has 0 spiro atoms. The Morgan fingerprint density at radius 1 is 1.47 bits per heavy atom. The molecule has 106 valence electrons. The van der Waals surface area contributed by atoms with Gasteiger partial charge in [0.1, 0.15) is 0 Å². The van der Waals surface area contributed by atoms with Gasteiger partial charge in [0.15, 0.2) is 0 Å². The number of nitrogens with one attached hydrogen (secondary N) is 1. The maximum absolute atomic E-state index is 11.8. The number of carbonyl (C=O) groups is 1. The van der Waals surface area contributed by atoms with E-state index in [1.54, 1.807) is 0 Å². The molecule has 0 heterocycles. The summed E-state index contributed by atoms with van der Waals surface area (Å²) < 4.78 is 0. The van der Waals surface area contributed by atoms with Crippen LogP contribution in [0.4, 0.5) is 5.69 Å². The summed E-state index contributed by atoms with van der Waals surface area (Å²) in [5.41, 5.74) is 7.54. The second-order valence-corrected chi connectivity index (χ2v) is 6.33. The highest BCUT2D eigenvalue weighted by Crippen LogP contribution is 2.15. The topological polar surface area (TPSA) is 55.1 Å². The fraction of sp³-hybridized carbons (Fsp3) is 0.533. The molecule has 4 heteroatoms. The third-order valence-electron chi connectivity index (χ3n) is 2.83. The molecule has 0 fully saturated rings. The minimum absolute atomic E-state index is 0.0951. The third-order valence-corrected chi connectivity index (χ3v) is 4.15. The van der Waals surface area contributed by atoms with Crippen molar-refractivity contribution in [3.05, 3.63) is 29.8 Å². The van der Waals surface area contributed by atoms with Crippen LogP contribution in [0.2, 0.25) is 0 Å². The molecule has 1 atom stereocenters. The Morgan fingerprint density at radius 3 is 2.95 bits per heavy atom. The maximum Gasteiger partial charge on any atom is 0.224 e. The standard InChI is InChI=1S/C15H24N2OS/c1-12-5-3-6-14(11-12)17-15(18)7-4-10-19-13(2)8-9-16/h3,5-6,11,13H,4,7-10,16H2,1-2H3,(H,17,18). The minimum Gasteiger partial charge on any atom is -0.330 e. The lowest BCUT2D eigenvalue weighted by Crippen LogP contribution is -2.12. The van der Waals surface area contributed by atoms with Crippen molar-refractivity contribution in [1.29, 1.82) is 0 Å². The van der Waals surface area contributed by atoms with Crippen LogP contribution in [0, 0.1) is 6.92 Å². The van der Waals surface area contributed by atoms with Crippen LogP contribution < -0.4 is 11.1 Å². The average Bonchev–Trinajstić information content (AvgIpc) is 2.35. The summed E-state index contributed by atoms with van der Waals surface area (Å²) in [6, 6.07) is 7.87. The molecule has 1 aromatic rings. The van der Waals surface area contributed by atoms with Crippen molar-refractivity contribution in [3.8, 4) is 0 Å². The Morgan fingerprint density at radius 2 is 2.26 bits per heavy atom. The van der Waals surface area contributed by atoms with Gasteiger partial charge in [-0.1, -0.05) is 19.1 Å². The van der Waals surface area contributed by atoms with Crippen molar-refractivity contribution in [3.63, 3.8) is 0 Å². The van der Waals surface area contributed by atoms with Crippen LogP contribution in [-0.2, 0) is 4.79 Å². The predicted molar refractivity (Wildman–Crippen MR) is 84.6 cm³/mol. The molecule has 1 unspecified atom stereocenters. The fourth-order valence-electron chi connectivity index (χ4n) is 1.78. The Balaban J connectivity index is 2.18. The SMILES string of the molecule is Cc1cccc(NC(=O)CCCSC(C)CCN)c1. The molecule has 1 aromatic carbocycles. The summed E-state index contributed by atoms with van der Waals surface area (Å²) in [6.45, 7) is 4.94. The van der Waals surface area contributed by atoms with E-state index in [4.69, 9.17) is 5.73 Å². The molecule has 1 rings (SSSR count). The minimum atomic E-state index is 0.0951. The number of nitrogens with two attached hydrogens (primary N) is 1. The Bertz CT molecular complexity index is 395. The van der Waals surface area contributed by atoms with Crippen molar-refractivity contribution in [2.75, 3.05) is 17.6 Å². The number of benzene rings is 1. The molecule has 3 N–H and O–H groups in total. The highest BCUT2D eigenvalue weighted by molar-refractivity contribution is 7.99. The summed E-state index contributed by atoms with van der Waals surface area (Å²) in [5.74, 6) is 1.11. The zero-order valence-corrected chi connectivity index (χ0v) is 12.6. The first-order chi connectivity index (χ1) is 9.11. The molecule has 3 nitrogen and oxygen atoms in total. The van der Waals surface area contributed by atoms with Crippen LogP contribution in [0.15, 0.2) is 24.3 Å². The maximum atomic E-state index is 11.8. The van der Waals surface area contributed by atoms with Gasteiger partial charge in [-0.2, -0.15) is 11.8 Å². The lowest BCUT2D eigenvalue weighted by Gasteiger charge is -2.09. The van der Waals surface area contributed by atoms with E-state index in [2.05, 4.69) is 12.2 Å². The fourth-order valence-corrected chi connectivity index (χ4v) is 2.80. The van der Waals surface area contributed by atoms with E-state index in [1.807, 2.05) is 43.0 Å². The molecular weight excluding hydrogens is 256 g/mol. The number of thioether (sulfide) groups is 1. The number of hydrogen-bond donors (Lipinski definition) is 2. The van der Waals surface area contributed by atoms with Gasteiger partial charge in [-0.15, -0.1) is 0 Å². The first-order valence-electron chi connectivity index (χ1n) is 6.80. The summed E-state index contributed by atoms with van der Waals surface area (Å²) in [5, 5.41) is 3.52. The van der Waals surface area contributed by atoms with Crippen molar-refractivity contribution >= 4 is 23.4 Å². The number of amides is 1. The largest absolute Gasteiger partial charge is 0.330 e. The van der Waals surface area contributed by atoms with Gasteiger partial charge < -0.3 is 11.1 Å². The normalized spacial score (nSPS) is 12.2. The predicted octanol–water partition coefficient (Wildman–Crippen LogP) is 3.18. The molecule has 0 aliphatic heterocycles. The van der Waals surface area contributed by atoms with Gasteiger partial charge in [-0.25, -0.2) is 0 Å². The van der Waals surface area contributed by atoms with Crippen molar-refractivity contribution < 1.29 is 4.79 Å². The Hall–Kier alpha value is -1.00. The molecule has 0 bridgehead atoms. The van der Waals surface area contributed by atoms with Crippen molar-refractivity contribution in [2.45, 2.75) is 38.4 Å². The number of rotatable bonds is 8. The van der Waals surface area contributed by atoms with E-state index in [-0.39, 0.29) is 5.91 Å². The highest BCUT2D eigenvalue weighted by atomic mass is 32.2. The zero-order valence-electron chi connectivity index (χ0n) is 11.8. The summed E-state index contributed by atoms with van der Waals surface area (Å²) in [6.07, 6.45) is 2.54. The first kappa shape index (κ1) is 16.1. The molecule has 0 saturated carbocycles. The van der Waals surface area contributed by atoms with Crippen LogP contribution in [0.1, 0.15) is 31.7 Å². The average molecular weight is 280 g/mol. The zero-order chi connectivity index (χ0) is 14.1. The molecule has 1 amide bonds. The Kier molecular flexibility index (Phi) is 7.60. The lowest BCUT2D eigenvalue weighted by molar-refractivity contribution is -0.116. The highest BCUT2D eigenvalue weighted by Gasteiger charge is 2.04. The molecule has 19 heavy (non-hydrogen) atoms. The summed E-state index contributed by atoms with van der Waals surface area (Å²) >= 11 is 1.89. The van der Waals surface area contributed by atoms with Crippen molar-refractivity contribution in [1.82, 2.24) is 0 Å². The molecule has 0 radical (unpaired) electrons. The monoisotopic (exact) mass is 280 g/mol. The van der Waals surface area contributed by atoms with Crippen LogP contribution in [0.3, 0.4) is 0 Å². The third kappa shape index (κ3) is 7.23. The molecular formula is C15H24N2OS. The van der Waals surface area contributed by atoms with Gasteiger partial charge in [-0.3, -0.25) is 4.79 Å². The first-order valence-corrected chi connectivity index (χ1v) is 7.85. The second kappa shape index (κ2) is 8.99. The van der Waals surface area contributed by atoms with E-state index >= 15 is 0 Å². The van der Waals surface area contributed by atoms with E-state index in [0.29, 0.717) is 11.7 Å². The van der Waals surface area contributed by atoms with Crippen molar-refractivity contribution in [2.24, 2.45) is 5.73 Å². The van der Waals surface area contributed by atoms with Gasteiger partial charge in [0.2, 0.25) is 5.91 Å². The smallest absolute Gasteiger partial charge is 0.224 e.